The Kier molecular flexibility index (Phi) is 6.23. The number of piperidine rings is 1. The van der Waals surface area contributed by atoms with Gasteiger partial charge in [0.2, 0.25) is 0 Å². The molecule has 0 saturated carbocycles. The van der Waals surface area contributed by atoms with Gasteiger partial charge in [0, 0.05) is 32.4 Å². The molecular weight excluding hydrogens is 324 g/mol. The maximum Gasteiger partial charge on any atom is 0.253 e. The van der Waals surface area contributed by atoms with Crippen molar-refractivity contribution in [1.82, 2.24) is 15.6 Å². The van der Waals surface area contributed by atoms with E-state index in [1.807, 2.05) is 37.4 Å². The van der Waals surface area contributed by atoms with Crippen LogP contribution in [0.15, 0.2) is 42.6 Å². The van der Waals surface area contributed by atoms with Crippen LogP contribution in [0.1, 0.15) is 41.3 Å². The Bertz CT molecular complexity index is 721. The highest BCUT2D eigenvalue weighted by molar-refractivity contribution is 5.94. The number of rotatable bonds is 6. The summed E-state index contributed by atoms with van der Waals surface area (Å²) in [4.78, 5) is 19.2. The molecule has 0 aliphatic carbocycles. The lowest BCUT2D eigenvalue weighted by molar-refractivity contribution is 0.0950. The maximum atomic E-state index is 12.4. The fourth-order valence-corrected chi connectivity index (χ4v) is 3.32. The summed E-state index contributed by atoms with van der Waals surface area (Å²) in [5, 5.41) is 6.15. The normalized spacial score (nSPS) is 15.1. The van der Waals surface area contributed by atoms with Gasteiger partial charge in [0.05, 0.1) is 5.56 Å². The first-order valence-corrected chi connectivity index (χ1v) is 9.38. The zero-order valence-electron chi connectivity index (χ0n) is 15.7. The van der Waals surface area contributed by atoms with Crippen LogP contribution < -0.4 is 15.5 Å². The van der Waals surface area contributed by atoms with Crippen LogP contribution >= 0.6 is 0 Å². The number of carbonyl (C=O) groups is 1. The quantitative estimate of drug-likeness (QED) is 0.839. The van der Waals surface area contributed by atoms with Crippen molar-refractivity contribution in [1.29, 1.82) is 0 Å². The molecule has 1 aromatic carbocycles. The maximum absolute atomic E-state index is 12.4. The van der Waals surface area contributed by atoms with Gasteiger partial charge in [-0.2, -0.15) is 0 Å². The van der Waals surface area contributed by atoms with Gasteiger partial charge in [-0.25, -0.2) is 4.98 Å². The zero-order valence-corrected chi connectivity index (χ0v) is 15.7. The van der Waals surface area contributed by atoms with Gasteiger partial charge >= 0.3 is 0 Å². The molecule has 1 aromatic heterocycles. The summed E-state index contributed by atoms with van der Waals surface area (Å²) in [6.45, 7) is 5.69. The van der Waals surface area contributed by atoms with Crippen molar-refractivity contribution < 1.29 is 4.79 Å². The van der Waals surface area contributed by atoms with Crippen molar-refractivity contribution in [3.8, 4) is 0 Å². The number of pyridine rings is 1. The molecule has 0 unspecified atom stereocenters. The van der Waals surface area contributed by atoms with E-state index in [1.165, 1.54) is 18.4 Å². The first-order valence-electron chi connectivity index (χ1n) is 9.38. The Labute approximate surface area is 155 Å². The summed E-state index contributed by atoms with van der Waals surface area (Å²) in [5.41, 5.74) is 2.93. The molecule has 138 valence electrons. The van der Waals surface area contributed by atoms with Gasteiger partial charge in [0.25, 0.3) is 5.91 Å². The number of benzene rings is 1. The molecule has 0 atom stereocenters. The summed E-state index contributed by atoms with van der Waals surface area (Å²) in [6.07, 6.45) is 4.09. The monoisotopic (exact) mass is 352 g/mol. The number of amides is 1. The predicted octanol–water partition coefficient (Wildman–Crippen LogP) is 2.97. The van der Waals surface area contributed by atoms with Crippen molar-refractivity contribution in [2.45, 2.75) is 32.9 Å². The molecule has 2 heterocycles. The minimum absolute atomic E-state index is 0.0874. The molecule has 2 N–H and O–H groups in total. The molecule has 0 radical (unpaired) electrons. The van der Waals surface area contributed by atoms with Crippen LogP contribution in [0.25, 0.3) is 0 Å². The van der Waals surface area contributed by atoms with Crippen LogP contribution in [-0.2, 0) is 13.1 Å². The molecule has 2 aromatic rings. The number of hydrogen-bond acceptors (Lipinski definition) is 4. The second-order valence-corrected chi connectivity index (χ2v) is 7.06. The lowest BCUT2D eigenvalue weighted by Crippen LogP contribution is -2.33. The van der Waals surface area contributed by atoms with Gasteiger partial charge in [-0.05, 0) is 49.1 Å². The molecular formula is C21H28N4O. The van der Waals surface area contributed by atoms with Crippen LogP contribution in [0.3, 0.4) is 0 Å². The second kappa shape index (κ2) is 8.81. The second-order valence-electron chi connectivity index (χ2n) is 7.06. The number of aromatic nitrogens is 1. The van der Waals surface area contributed by atoms with E-state index in [-0.39, 0.29) is 5.91 Å². The topological polar surface area (TPSA) is 57.3 Å². The fourth-order valence-electron chi connectivity index (χ4n) is 3.32. The highest BCUT2D eigenvalue weighted by Crippen LogP contribution is 2.21. The third-order valence-electron chi connectivity index (χ3n) is 5.04. The predicted molar refractivity (Wildman–Crippen MR) is 105 cm³/mol. The Morgan fingerprint density at radius 3 is 2.42 bits per heavy atom. The molecule has 5 heteroatoms. The SMILES string of the molecule is CNCc1ccccc1CNC(=O)c1ccc(N2CCC(C)CC2)nc1. The zero-order chi connectivity index (χ0) is 18.4. The Hall–Kier alpha value is -2.40. The van der Waals surface area contributed by atoms with Crippen molar-refractivity contribution in [3.05, 3.63) is 59.3 Å². The minimum Gasteiger partial charge on any atom is -0.357 e. The van der Waals surface area contributed by atoms with E-state index >= 15 is 0 Å². The van der Waals surface area contributed by atoms with Crippen molar-refractivity contribution in [3.63, 3.8) is 0 Å². The first-order chi connectivity index (χ1) is 12.7. The molecule has 1 amide bonds. The molecule has 0 bridgehead atoms. The van der Waals surface area contributed by atoms with Gasteiger partial charge < -0.3 is 15.5 Å². The number of nitrogens with zero attached hydrogens (tertiary/aromatic N) is 2. The standard InChI is InChI=1S/C21H28N4O/c1-16-9-11-25(12-10-16)20-8-7-19(15-23-20)21(26)24-14-18-6-4-3-5-17(18)13-22-2/h3-8,15-16,22H,9-14H2,1-2H3,(H,24,26). The van der Waals surface area contributed by atoms with E-state index in [4.69, 9.17) is 0 Å². The van der Waals surface area contributed by atoms with E-state index in [2.05, 4.69) is 33.5 Å². The molecule has 0 spiro atoms. The van der Waals surface area contributed by atoms with E-state index in [0.717, 1.165) is 36.9 Å². The Morgan fingerprint density at radius 2 is 1.81 bits per heavy atom. The number of hydrogen-bond donors (Lipinski definition) is 2. The first kappa shape index (κ1) is 18.4. The summed E-state index contributed by atoms with van der Waals surface area (Å²) < 4.78 is 0. The van der Waals surface area contributed by atoms with Gasteiger partial charge in [-0.1, -0.05) is 31.2 Å². The van der Waals surface area contributed by atoms with Crippen LogP contribution in [0.2, 0.25) is 0 Å². The lowest BCUT2D eigenvalue weighted by Gasteiger charge is -2.31. The van der Waals surface area contributed by atoms with Crippen LogP contribution in [-0.4, -0.2) is 31.0 Å². The van der Waals surface area contributed by atoms with Crippen molar-refractivity contribution >= 4 is 11.7 Å². The highest BCUT2D eigenvalue weighted by atomic mass is 16.1. The van der Waals surface area contributed by atoms with E-state index in [9.17, 15) is 4.79 Å². The number of carbonyl (C=O) groups excluding carboxylic acids is 1. The molecule has 1 fully saturated rings. The number of anilines is 1. The summed E-state index contributed by atoms with van der Waals surface area (Å²) in [7, 11) is 1.92. The third kappa shape index (κ3) is 4.61. The largest absolute Gasteiger partial charge is 0.357 e. The van der Waals surface area contributed by atoms with Crippen LogP contribution in [0.4, 0.5) is 5.82 Å². The van der Waals surface area contributed by atoms with Crippen LogP contribution in [0.5, 0.6) is 0 Å². The molecule has 5 nitrogen and oxygen atoms in total. The number of nitrogens with one attached hydrogen (secondary N) is 2. The fraction of sp³-hybridized carbons (Fsp3) is 0.429. The van der Waals surface area contributed by atoms with Crippen molar-refractivity contribution in [2.24, 2.45) is 5.92 Å². The van der Waals surface area contributed by atoms with Crippen LogP contribution in [0, 0.1) is 5.92 Å². The average molecular weight is 352 g/mol. The van der Waals surface area contributed by atoms with Gasteiger partial charge in [0.15, 0.2) is 0 Å². The highest BCUT2D eigenvalue weighted by Gasteiger charge is 2.17. The minimum atomic E-state index is -0.0874. The molecule has 3 rings (SSSR count). The molecule has 26 heavy (non-hydrogen) atoms. The summed E-state index contributed by atoms with van der Waals surface area (Å²) in [6, 6.07) is 12.0. The van der Waals surface area contributed by atoms with Crippen molar-refractivity contribution in [2.75, 3.05) is 25.0 Å². The molecule has 1 saturated heterocycles. The van der Waals surface area contributed by atoms with Gasteiger partial charge in [-0.3, -0.25) is 4.79 Å². The smallest absolute Gasteiger partial charge is 0.253 e. The van der Waals surface area contributed by atoms with Gasteiger partial charge in [-0.15, -0.1) is 0 Å². The van der Waals surface area contributed by atoms with E-state index in [1.54, 1.807) is 6.20 Å². The van der Waals surface area contributed by atoms with E-state index in [0.29, 0.717) is 12.1 Å². The van der Waals surface area contributed by atoms with Gasteiger partial charge in [0.1, 0.15) is 5.82 Å². The Balaban J connectivity index is 1.58. The summed E-state index contributed by atoms with van der Waals surface area (Å²) in [5.74, 6) is 1.67. The molecule has 1 aliphatic rings. The third-order valence-corrected chi connectivity index (χ3v) is 5.04. The molecule has 1 aliphatic heterocycles. The van der Waals surface area contributed by atoms with E-state index < -0.39 is 0 Å². The lowest BCUT2D eigenvalue weighted by atomic mass is 9.99. The Morgan fingerprint density at radius 1 is 1.12 bits per heavy atom. The average Bonchev–Trinajstić information content (AvgIpc) is 2.68. The summed E-state index contributed by atoms with van der Waals surface area (Å²) >= 11 is 0.